The number of aromatic nitrogens is 3. The summed E-state index contributed by atoms with van der Waals surface area (Å²) in [6, 6.07) is 16.9. The number of nitrogens with one attached hydrogen (secondary N) is 2. The van der Waals surface area contributed by atoms with Crippen LogP contribution < -0.4 is 16.1 Å². The smallest absolute Gasteiger partial charge is 0.423 e. The number of hydrogen-bond acceptors (Lipinski definition) is 9. The fourth-order valence-corrected chi connectivity index (χ4v) is 4.25. The molecule has 1 aliphatic rings. The van der Waals surface area contributed by atoms with Crippen molar-refractivity contribution in [3.8, 4) is 11.5 Å². The van der Waals surface area contributed by atoms with Gasteiger partial charge in [0, 0.05) is 24.9 Å². The van der Waals surface area contributed by atoms with Crippen LogP contribution in [0.15, 0.2) is 65.2 Å². The van der Waals surface area contributed by atoms with E-state index < -0.39 is 12.7 Å². The number of aryl methyl sites for hydroxylation is 1. The molecule has 10 heteroatoms. The van der Waals surface area contributed by atoms with Crippen LogP contribution in [0.3, 0.4) is 0 Å². The molecule has 0 unspecified atom stereocenters. The number of rotatable bonds is 7. The number of anilines is 3. The van der Waals surface area contributed by atoms with Gasteiger partial charge in [0.05, 0.1) is 29.5 Å². The van der Waals surface area contributed by atoms with Crippen molar-refractivity contribution < 1.29 is 19.2 Å². The second-order valence-electron chi connectivity index (χ2n) is 8.94. The Morgan fingerprint density at radius 3 is 2.60 bits per heavy atom. The molecular weight excluding hydrogens is 445 g/mol. The van der Waals surface area contributed by atoms with Crippen molar-refractivity contribution in [3.63, 3.8) is 0 Å². The van der Waals surface area contributed by atoms with E-state index in [1.807, 2.05) is 68.4 Å². The first-order valence-corrected chi connectivity index (χ1v) is 11.3. The molecule has 0 spiro atoms. The Morgan fingerprint density at radius 1 is 1.09 bits per heavy atom. The van der Waals surface area contributed by atoms with Gasteiger partial charge in [-0.3, -0.25) is 0 Å². The van der Waals surface area contributed by atoms with Gasteiger partial charge >= 0.3 is 7.12 Å². The highest BCUT2D eigenvalue weighted by Gasteiger charge is 2.40. The van der Waals surface area contributed by atoms with E-state index in [4.69, 9.17) is 9.07 Å². The van der Waals surface area contributed by atoms with Crippen molar-refractivity contribution in [2.24, 2.45) is 0 Å². The summed E-state index contributed by atoms with van der Waals surface area (Å²) in [5, 5.41) is 35.1. The van der Waals surface area contributed by atoms with Crippen molar-refractivity contribution in [2.45, 2.75) is 32.4 Å². The molecule has 0 saturated carbocycles. The third-order valence-corrected chi connectivity index (χ3v) is 6.02. The van der Waals surface area contributed by atoms with Crippen LogP contribution in [0, 0.1) is 6.92 Å². The number of aliphatic hydroxyl groups excluding tert-OH is 1. The molecule has 5 rings (SSSR count). The number of pyridine rings is 1. The zero-order valence-electron chi connectivity index (χ0n) is 19.7. The van der Waals surface area contributed by atoms with E-state index in [1.54, 1.807) is 13.1 Å². The molecule has 0 saturated heterocycles. The second-order valence-corrected chi connectivity index (χ2v) is 8.94. The van der Waals surface area contributed by atoms with Gasteiger partial charge in [-0.25, -0.2) is 4.98 Å². The summed E-state index contributed by atoms with van der Waals surface area (Å²) in [5.41, 5.74) is 4.11. The second kappa shape index (κ2) is 9.14. The predicted molar refractivity (Wildman–Crippen MR) is 134 cm³/mol. The van der Waals surface area contributed by atoms with Crippen molar-refractivity contribution in [3.05, 3.63) is 77.8 Å². The average molecular weight is 471 g/mol. The molecule has 35 heavy (non-hydrogen) atoms. The maximum atomic E-state index is 10.2. The number of nitrogens with zero attached hydrogens (tertiary/aromatic N) is 3. The van der Waals surface area contributed by atoms with Gasteiger partial charge in [-0.1, -0.05) is 36.4 Å². The van der Waals surface area contributed by atoms with Crippen LogP contribution in [-0.4, -0.2) is 39.0 Å². The van der Waals surface area contributed by atoms with E-state index in [0.717, 1.165) is 22.3 Å². The van der Waals surface area contributed by atoms with Gasteiger partial charge in [0.25, 0.3) is 5.89 Å². The highest BCUT2D eigenvalue weighted by Crippen LogP contribution is 2.34. The molecule has 0 amide bonds. The third kappa shape index (κ3) is 4.63. The molecular formula is C25H26BN5O4. The summed E-state index contributed by atoms with van der Waals surface area (Å²) in [6.45, 7) is 5.46. The Balaban J connectivity index is 1.49. The average Bonchev–Trinajstić information content (AvgIpc) is 3.37. The van der Waals surface area contributed by atoms with Gasteiger partial charge in [0.2, 0.25) is 5.89 Å². The Bertz CT molecular complexity index is 1340. The molecule has 0 aliphatic carbocycles. The molecule has 4 N–H and O–H groups in total. The molecule has 1 atom stereocenters. The van der Waals surface area contributed by atoms with Crippen LogP contribution in [0.5, 0.6) is 0 Å². The third-order valence-electron chi connectivity index (χ3n) is 6.02. The SMILES string of the molecule is Cc1nnc(-c2cnc(Nc3ccc4c(c3)C(C)(C)OB4O)cc2N[C@H](CO)c2ccccc2)o1. The molecule has 0 fully saturated rings. The minimum atomic E-state index is -0.937. The largest absolute Gasteiger partial charge is 0.492 e. The molecule has 2 aromatic heterocycles. The van der Waals surface area contributed by atoms with E-state index in [1.165, 1.54) is 0 Å². The number of aliphatic hydroxyl groups is 1. The van der Waals surface area contributed by atoms with Gasteiger partial charge in [-0.05, 0) is 42.6 Å². The summed E-state index contributed by atoms with van der Waals surface area (Å²) in [6.07, 6.45) is 1.65. The van der Waals surface area contributed by atoms with Crippen LogP contribution in [-0.2, 0) is 10.3 Å². The summed E-state index contributed by atoms with van der Waals surface area (Å²) in [7, 11) is -0.937. The van der Waals surface area contributed by atoms with Crippen LogP contribution in [0.25, 0.3) is 11.5 Å². The van der Waals surface area contributed by atoms with Gasteiger partial charge in [-0.15, -0.1) is 10.2 Å². The Morgan fingerprint density at radius 2 is 1.89 bits per heavy atom. The molecule has 0 radical (unpaired) electrons. The van der Waals surface area contributed by atoms with Gasteiger partial charge in [0.15, 0.2) is 0 Å². The molecule has 178 valence electrons. The molecule has 1 aliphatic heterocycles. The highest BCUT2D eigenvalue weighted by molar-refractivity contribution is 6.62. The first kappa shape index (κ1) is 23.0. The lowest BCUT2D eigenvalue weighted by Gasteiger charge is -2.21. The van der Waals surface area contributed by atoms with E-state index >= 15 is 0 Å². The normalized spacial score (nSPS) is 15.1. The van der Waals surface area contributed by atoms with Crippen LogP contribution in [0.1, 0.15) is 36.9 Å². The minimum Gasteiger partial charge on any atom is -0.423 e. The van der Waals surface area contributed by atoms with Crippen LogP contribution >= 0.6 is 0 Å². The van der Waals surface area contributed by atoms with Gasteiger partial charge in [-0.2, -0.15) is 0 Å². The lowest BCUT2D eigenvalue weighted by Crippen LogP contribution is -2.28. The highest BCUT2D eigenvalue weighted by atomic mass is 16.5. The van der Waals surface area contributed by atoms with Crippen LogP contribution in [0.4, 0.5) is 17.2 Å². The van der Waals surface area contributed by atoms with Crippen molar-refractivity contribution in [1.29, 1.82) is 0 Å². The maximum Gasteiger partial charge on any atom is 0.492 e. The number of hydrogen-bond donors (Lipinski definition) is 4. The molecule has 3 heterocycles. The lowest BCUT2D eigenvalue weighted by atomic mass is 9.78. The zero-order valence-corrected chi connectivity index (χ0v) is 19.7. The standard InChI is InChI=1S/C25H26BN5O4/c1-15-30-31-24(34-15)18-13-27-23(12-21(18)29-22(14-32)16-7-5-4-6-8-16)28-17-9-10-20-19(11-17)25(2,3)35-26(20)33/h4-13,22,32-33H,14H2,1-3H3,(H2,27,28,29)/t22-/m1/s1. The fraction of sp³-hybridized carbons (Fsp3) is 0.240. The number of benzene rings is 2. The maximum absolute atomic E-state index is 10.2. The Labute approximate surface area is 203 Å². The predicted octanol–water partition coefficient (Wildman–Crippen LogP) is 3.28. The summed E-state index contributed by atoms with van der Waals surface area (Å²) in [5.74, 6) is 1.36. The first-order chi connectivity index (χ1) is 16.8. The zero-order chi connectivity index (χ0) is 24.6. The van der Waals surface area contributed by atoms with Crippen LogP contribution in [0.2, 0.25) is 0 Å². The van der Waals surface area contributed by atoms with E-state index in [2.05, 4.69) is 25.8 Å². The fourth-order valence-electron chi connectivity index (χ4n) is 4.25. The number of fused-ring (bicyclic) bond motifs is 1. The summed E-state index contributed by atoms with van der Waals surface area (Å²) >= 11 is 0. The molecule has 9 nitrogen and oxygen atoms in total. The summed E-state index contributed by atoms with van der Waals surface area (Å²) in [4.78, 5) is 4.55. The molecule has 4 aromatic rings. The minimum absolute atomic E-state index is 0.111. The van der Waals surface area contributed by atoms with Gasteiger partial charge in [0.1, 0.15) is 5.82 Å². The monoisotopic (exact) mass is 471 g/mol. The van der Waals surface area contributed by atoms with E-state index in [9.17, 15) is 10.1 Å². The molecule has 2 aromatic carbocycles. The lowest BCUT2D eigenvalue weighted by molar-refractivity contribution is 0.101. The van der Waals surface area contributed by atoms with Gasteiger partial charge < -0.3 is 29.8 Å². The van der Waals surface area contributed by atoms with Crippen molar-refractivity contribution >= 4 is 29.8 Å². The first-order valence-electron chi connectivity index (χ1n) is 11.3. The molecule has 0 bridgehead atoms. The van der Waals surface area contributed by atoms with Crippen molar-refractivity contribution in [1.82, 2.24) is 15.2 Å². The van der Waals surface area contributed by atoms with E-state index in [0.29, 0.717) is 28.9 Å². The summed E-state index contributed by atoms with van der Waals surface area (Å²) < 4.78 is 11.3. The topological polar surface area (TPSA) is 126 Å². The Kier molecular flexibility index (Phi) is 6.02. The van der Waals surface area contributed by atoms with E-state index in [-0.39, 0.29) is 12.6 Å². The van der Waals surface area contributed by atoms with Crippen molar-refractivity contribution in [2.75, 3.05) is 17.2 Å². The Hall–Kier alpha value is -3.73. The quantitative estimate of drug-likeness (QED) is 0.301.